The number of halogens is 1. The van der Waals surface area contributed by atoms with Crippen molar-refractivity contribution in [2.24, 2.45) is 5.92 Å². The molecule has 168 valence electrons. The van der Waals surface area contributed by atoms with Gasteiger partial charge in [0.2, 0.25) is 11.7 Å². The number of carbonyl (C=O) groups excluding carboxylic acids is 1. The molecule has 0 radical (unpaired) electrons. The molecule has 4 rings (SSSR count). The number of thioether (sulfide) groups is 1. The van der Waals surface area contributed by atoms with Gasteiger partial charge in [-0.15, -0.1) is 21.5 Å². The summed E-state index contributed by atoms with van der Waals surface area (Å²) in [4.78, 5) is 28.5. The molecule has 0 bridgehead atoms. The molecule has 1 amide bonds. The molecule has 0 N–H and O–H groups in total. The molecule has 0 unspecified atom stereocenters. The number of benzene rings is 1. The lowest BCUT2D eigenvalue weighted by atomic mass is 10.1. The molecule has 1 aromatic carbocycles. The molecule has 0 saturated carbocycles. The summed E-state index contributed by atoms with van der Waals surface area (Å²) in [6.07, 6.45) is 0.860. The van der Waals surface area contributed by atoms with Gasteiger partial charge in [-0.1, -0.05) is 49.3 Å². The van der Waals surface area contributed by atoms with E-state index in [1.54, 1.807) is 16.5 Å². The third-order valence-corrected chi connectivity index (χ3v) is 7.31. The van der Waals surface area contributed by atoms with Crippen molar-refractivity contribution in [2.45, 2.75) is 38.5 Å². The quantitative estimate of drug-likeness (QED) is 0.339. The van der Waals surface area contributed by atoms with Gasteiger partial charge in [-0.05, 0) is 36.6 Å². The second kappa shape index (κ2) is 9.64. The first kappa shape index (κ1) is 22.8. The number of nitrogens with zero attached hydrogens (tertiary/aromatic N) is 5. The number of fused-ring (bicyclic) bond motifs is 3. The summed E-state index contributed by atoms with van der Waals surface area (Å²) in [6, 6.07) is 11.2. The van der Waals surface area contributed by atoms with E-state index in [1.807, 2.05) is 40.8 Å². The minimum absolute atomic E-state index is 0.0197. The summed E-state index contributed by atoms with van der Waals surface area (Å²) in [6.45, 7) is 5.33. The van der Waals surface area contributed by atoms with Crippen molar-refractivity contribution < 1.29 is 4.79 Å². The normalized spacial score (nSPS) is 11.7. The fraction of sp³-hybridized carbons (Fsp3) is 0.364. The molecule has 0 aliphatic heterocycles. The van der Waals surface area contributed by atoms with Gasteiger partial charge in [0.25, 0.3) is 5.56 Å². The Morgan fingerprint density at radius 3 is 2.72 bits per heavy atom. The summed E-state index contributed by atoms with van der Waals surface area (Å²) in [5, 5.41) is 9.85. The van der Waals surface area contributed by atoms with Gasteiger partial charge >= 0.3 is 0 Å². The first-order valence-corrected chi connectivity index (χ1v) is 12.5. The van der Waals surface area contributed by atoms with Crippen molar-refractivity contribution in [3.8, 4) is 0 Å². The number of thiophene rings is 1. The largest absolute Gasteiger partial charge is 0.340 e. The molecule has 0 saturated heterocycles. The zero-order chi connectivity index (χ0) is 22.8. The van der Waals surface area contributed by atoms with Crippen molar-refractivity contribution in [2.75, 3.05) is 12.8 Å². The van der Waals surface area contributed by atoms with E-state index in [0.29, 0.717) is 39.7 Å². The first-order chi connectivity index (χ1) is 15.3. The Kier molecular flexibility index (Phi) is 6.88. The maximum absolute atomic E-state index is 13.1. The molecule has 7 nitrogen and oxygen atoms in total. The molecule has 0 aliphatic rings. The van der Waals surface area contributed by atoms with E-state index < -0.39 is 0 Å². The predicted molar refractivity (Wildman–Crippen MR) is 131 cm³/mol. The number of aryl methyl sites for hydroxylation is 1. The van der Waals surface area contributed by atoms with Crippen LogP contribution in [0.2, 0.25) is 4.34 Å². The molecule has 3 heterocycles. The highest BCUT2D eigenvalue weighted by Gasteiger charge is 2.19. The number of hydrogen-bond acceptors (Lipinski definition) is 6. The van der Waals surface area contributed by atoms with E-state index in [2.05, 4.69) is 24.0 Å². The molecular formula is C22H24ClN5O2S2. The monoisotopic (exact) mass is 489 g/mol. The summed E-state index contributed by atoms with van der Waals surface area (Å²) >= 11 is 8.78. The van der Waals surface area contributed by atoms with Crippen LogP contribution in [0.3, 0.4) is 0 Å². The maximum atomic E-state index is 13.1. The Morgan fingerprint density at radius 1 is 1.22 bits per heavy atom. The van der Waals surface area contributed by atoms with Crippen LogP contribution in [0.4, 0.5) is 0 Å². The van der Waals surface area contributed by atoms with Crippen molar-refractivity contribution in [3.05, 3.63) is 56.0 Å². The summed E-state index contributed by atoms with van der Waals surface area (Å²) in [5.74, 6) is 1.16. The Labute approximate surface area is 199 Å². The lowest BCUT2D eigenvalue weighted by Crippen LogP contribution is -2.27. The number of aromatic nitrogens is 4. The third-order valence-electron chi connectivity index (χ3n) is 5.18. The maximum Gasteiger partial charge on any atom is 0.262 e. The fourth-order valence-corrected chi connectivity index (χ4v) is 5.43. The minimum atomic E-state index is -0.0666. The van der Waals surface area contributed by atoms with Crippen molar-refractivity contribution in [3.63, 3.8) is 0 Å². The molecule has 32 heavy (non-hydrogen) atoms. The molecule has 0 atom stereocenters. The van der Waals surface area contributed by atoms with E-state index >= 15 is 0 Å². The average molecular weight is 490 g/mol. The van der Waals surface area contributed by atoms with Crippen LogP contribution in [0.15, 0.2) is 46.3 Å². The second-order valence-electron chi connectivity index (χ2n) is 8.02. The first-order valence-electron chi connectivity index (χ1n) is 10.3. The average Bonchev–Trinajstić information content (AvgIpc) is 3.37. The summed E-state index contributed by atoms with van der Waals surface area (Å²) < 4.78 is 4.28. The van der Waals surface area contributed by atoms with Gasteiger partial charge in [-0.2, -0.15) is 0 Å². The Hall–Kier alpha value is -2.36. The van der Waals surface area contributed by atoms with Gasteiger partial charge in [0.15, 0.2) is 5.16 Å². The lowest BCUT2D eigenvalue weighted by Gasteiger charge is -2.16. The van der Waals surface area contributed by atoms with Gasteiger partial charge in [-0.3, -0.25) is 18.6 Å². The van der Waals surface area contributed by atoms with Gasteiger partial charge in [0.05, 0.1) is 27.5 Å². The van der Waals surface area contributed by atoms with E-state index in [-0.39, 0.29) is 17.2 Å². The van der Waals surface area contributed by atoms with Crippen molar-refractivity contribution >= 4 is 57.3 Å². The number of amides is 1. The summed E-state index contributed by atoms with van der Waals surface area (Å²) in [7, 11) is 1.78. The molecular weight excluding hydrogens is 466 g/mol. The second-order valence-corrected chi connectivity index (χ2v) is 10.8. The van der Waals surface area contributed by atoms with Gasteiger partial charge in [-0.25, -0.2) is 0 Å². The number of para-hydroxylation sites is 1. The smallest absolute Gasteiger partial charge is 0.262 e. The van der Waals surface area contributed by atoms with Crippen LogP contribution in [0, 0.1) is 5.92 Å². The third kappa shape index (κ3) is 4.69. The minimum Gasteiger partial charge on any atom is -0.340 e. The molecule has 4 aromatic rings. The van der Waals surface area contributed by atoms with Crippen LogP contribution in [-0.2, 0) is 17.9 Å². The highest BCUT2D eigenvalue weighted by Crippen LogP contribution is 2.24. The number of carbonyl (C=O) groups is 1. The summed E-state index contributed by atoms with van der Waals surface area (Å²) in [5.41, 5.74) is 0.679. The fourth-order valence-electron chi connectivity index (χ4n) is 3.41. The van der Waals surface area contributed by atoms with Gasteiger partial charge in [0.1, 0.15) is 0 Å². The molecule has 0 fully saturated rings. The Balaban J connectivity index is 1.62. The van der Waals surface area contributed by atoms with Crippen LogP contribution in [0.5, 0.6) is 0 Å². The van der Waals surface area contributed by atoms with Crippen molar-refractivity contribution in [1.82, 2.24) is 24.1 Å². The molecule has 3 aromatic heterocycles. The van der Waals surface area contributed by atoms with Crippen molar-refractivity contribution in [1.29, 1.82) is 0 Å². The van der Waals surface area contributed by atoms with Gasteiger partial charge in [0, 0.05) is 18.5 Å². The highest BCUT2D eigenvalue weighted by molar-refractivity contribution is 7.99. The Morgan fingerprint density at radius 2 is 2.00 bits per heavy atom. The molecule has 10 heteroatoms. The van der Waals surface area contributed by atoms with Crippen LogP contribution < -0.4 is 5.56 Å². The van der Waals surface area contributed by atoms with Crippen LogP contribution in [0.25, 0.3) is 16.7 Å². The Bertz CT molecular complexity index is 1330. The van der Waals surface area contributed by atoms with E-state index in [4.69, 9.17) is 11.6 Å². The van der Waals surface area contributed by atoms with E-state index in [9.17, 15) is 9.59 Å². The van der Waals surface area contributed by atoms with E-state index in [0.717, 1.165) is 16.8 Å². The zero-order valence-electron chi connectivity index (χ0n) is 18.1. The standard InChI is InChI=1S/C22H24ClN5O2S2/c1-14(2)10-11-27-20(30)16-6-4-5-7-17(16)28-21(27)24-25-22(28)31-13-19(29)26(3)12-15-8-9-18(23)32-15/h4-9,14H,10-13H2,1-3H3. The molecule has 0 aliphatic carbocycles. The van der Waals surface area contributed by atoms with Crippen LogP contribution in [-0.4, -0.2) is 42.8 Å². The SMILES string of the molecule is CC(C)CCn1c(=O)c2ccccc2n2c(SCC(=O)N(C)Cc3ccc(Cl)s3)nnc12. The number of hydrogen-bond donors (Lipinski definition) is 0. The highest BCUT2D eigenvalue weighted by atomic mass is 35.5. The zero-order valence-corrected chi connectivity index (χ0v) is 20.5. The number of rotatable bonds is 8. The topological polar surface area (TPSA) is 72.5 Å². The van der Waals surface area contributed by atoms with Gasteiger partial charge < -0.3 is 4.90 Å². The van der Waals surface area contributed by atoms with Crippen LogP contribution in [0.1, 0.15) is 25.1 Å². The lowest BCUT2D eigenvalue weighted by molar-refractivity contribution is -0.127. The molecule has 0 spiro atoms. The van der Waals surface area contributed by atoms with Crippen LogP contribution >= 0.6 is 34.7 Å². The van der Waals surface area contributed by atoms with E-state index in [1.165, 1.54) is 23.1 Å². The predicted octanol–water partition coefficient (Wildman–Crippen LogP) is 4.56.